The summed E-state index contributed by atoms with van der Waals surface area (Å²) < 4.78 is 16.3. The number of carbonyl (C=O) groups is 3. The van der Waals surface area contributed by atoms with Crippen LogP contribution in [0.25, 0.3) is 5.69 Å². The van der Waals surface area contributed by atoms with Gasteiger partial charge in [-0.2, -0.15) is 0 Å². The normalized spacial score (nSPS) is 20.5. The van der Waals surface area contributed by atoms with E-state index in [0.29, 0.717) is 23.8 Å². The Balaban J connectivity index is 1.39. The van der Waals surface area contributed by atoms with Crippen molar-refractivity contribution in [1.29, 1.82) is 0 Å². The number of piperidine rings is 1. The molecule has 2 aliphatic rings. The number of pyridine rings is 1. The van der Waals surface area contributed by atoms with Gasteiger partial charge in [-0.15, -0.1) is 0 Å². The monoisotopic (exact) mass is 536 g/mol. The fourth-order valence-electron chi connectivity index (χ4n) is 4.94. The first-order valence-corrected chi connectivity index (χ1v) is 12.8. The zero-order valence-corrected chi connectivity index (χ0v) is 21.2. The first-order valence-electron chi connectivity index (χ1n) is 12.4. The van der Waals surface area contributed by atoms with Crippen molar-refractivity contribution in [3.05, 3.63) is 88.1 Å². The predicted octanol–water partition coefficient (Wildman–Crippen LogP) is 4.23. The van der Waals surface area contributed by atoms with Gasteiger partial charge in [-0.05, 0) is 68.1 Å². The highest BCUT2D eigenvalue weighted by molar-refractivity contribution is 6.30. The summed E-state index contributed by atoms with van der Waals surface area (Å²) in [5.41, 5.74) is -1.32. The van der Waals surface area contributed by atoms with Crippen LogP contribution in [-0.4, -0.2) is 40.3 Å². The number of halogens is 2. The first kappa shape index (κ1) is 25.7. The van der Waals surface area contributed by atoms with E-state index in [4.69, 9.17) is 11.6 Å². The van der Waals surface area contributed by atoms with Crippen LogP contribution in [-0.2, 0) is 14.4 Å². The Morgan fingerprint density at radius 1 is 0.947 bits per heavy atom. The van der Waals surface area contributed by atoms with E-state index < -0.39 is 34.9 Å². The standard InChI is InChI=1S/C28H26ClFN4O4/c29-18-7-9-19(10-8-18)31-25(36)21-17-28(21,27(38)33-13-3-1-4-14-33)26(37)32-23-12-11-20(16-22(23)30)34-15-5-2-6-24(34)35/h2,5-12,15-16,21H,1,3-4,13-14,17H2,(H,31,36)(H,32,37). The molecule has 2 fully saturated rings. The summed E-state index contributed by atoms with van der Waals surface area (Å²) in [5.74, 6) is -3.29. The van der Waals surface area contributed by atoms with Crippen LogP contribution in [0, 0.1) is 17.2 Å². The third kappa shape index (κ3) is 4.93. The van der Waals surface area contributed by atoms with Crippen molar-refractivity contribution >= 4 is 40.7 Å². The number of hydrogen-bond donors (Lipinski definition) is 2. The number of aromatic nitrogens is 1. The van der Waals surface area contributed by atoms with Crippen molar-refractivity contribution in [3.63, 3.8) is 0 Å². The Labute approximate surface area is 223 Å². The maximum Gasteiger partial charge on any atom is 0.255 e. The van der Waals surface area contributed by atoms with Gasteiger partial charge in [0.2, 0.25) is 17.7 Å². The van der Waals surface area contributed by atoms with Crippen LogP contribution < -0.4 is 16.2 Å². The molecule has 2 aromatic carbocycles. The highest BCUT2D eigenvalue weighted by atomic mass is 35.5. The van der Waals surface area contributed by atoms with E-state index in [-0.39, 0.29) is 23.4 Å². The second-order valence-corrected chi connectivity index (χ2v) is 10.0. The van der Waals surface area contributed by atoms with E-state index in [1.807, 2.05) is 0 Å². The lowest BCUT2D eigenvalue weighted by Crippen LogP contribution is -2.47. The summed E-state index contributed by atoms with van der Waals surface area (Å²) in [5, 5.41) is 5.79. The van der Waals surface area contributed by atoms with Crippen molar-refractivity contribution in [2.75, 3.05) is 23.7 Å². The van der Waals surface area contributed by atoms with Crippen LogP contribution >= 0.6 is 11.6 Å². The van der Waals surface area contributed by atoms with Gasteiger partial charge in [0, 0.05) is 42.1 Å². The highest BCUT2D eigenvalue weighted by Crippen LogP contribution is 2.55. The number of amides is 3. The first-order chi connectivity index (χ1) is 18.3. The average Bonchev–Trinajstić information content (AvgIpc) is 3.69. The SMILES string of the molecule is O=C(Nc1ccc(Cl)cc1)C1CC1(C(=O)Nc1ccc(-n2ccccc2=O)cc1F)C(=O)N1CCCCC1. The molecule has 5 rings (SSSR count). The molecule has 1 aromatic heterocycles. The summed E-state index contributed by atoms with van der Waals surface area (Å²) >= 11 is 5.92. The van der Waals surface area contributed by atoms with E-state index in [0.717, 1.165) is 25.3 Å². The molecule has 2 heterocycles. The molecule has 0 bridgehead atoms. The molecule has 10 heteroatoms. The highest BCUT2D eigenvalue weighted by Gasteiger charge is 2.69. The van der Waals surface area contributed by atoms with E-state index in [9.17, 15) is 19.2 Å². The zero-order chi connectivity index (χ0) is 26.9. The van der Waals surface area contributed by atoms with Gasteiger partial charge in [0.1, 0.15) is 11.2 Å². The number of benzene rings is 2. The van der Waals surface area contributed by atoms with Gasteiger partial charge < -0.3 is 15.5 Å². The molecule has 1 aliphatic carbocycles. The van der Waals surface area contributed by atoms with Crippen LogP contribution in [0.3, 0.4) is 0 Å². The number of nitrogens with zero attached hydrogens (tertiary/aromatic N) is 2. The summed E-state index contributed by atoms with van der Waals surface area (Å²) in [6.07, 6.45) is 4.16. The lowest BCUT2D eigenvalue weighted by Gasteiger charge is -2.30. The third-order valence-electron chi connectivity index (χ3n) is 7.12. The summed E-state index contributed by atoms with van der Waals surface area (Å²) in [6.45, 7) is 1.02. The maximum absolute atomic E-state index is 15.1. The van der Waals surface area contributed by atoms with Gasteiger partial charge in [0.15, 0.2) is 0 Å². The van der Waals surface area contributed by atoms with Crippen molar-refractivity contribution < 1.29 is 18.8 Å². The Bertz CT molecular complexity index is 1450. The van der Waals surface area contributed by atoms with Gasteiger partial charge in [-0.1, -0.05) is 17.7 Å². The molecule has 1 saturated carbocycles. The third-order valence-corrected chi connectivity index (χ3v) is 7.37. The second kappa shape index (κ2) is 10.4. The number of nitrogens with one attached hydrogen (secondary N) is 2. The molecule has 1 saturated heterocycles. The fourth-order valence-corrected chi connectivity index (χ4v) is 5.06. The predicted molar refractivity (Wildman–Crippen MR) is 142 cm³/mol. The average molecular weight is 537 g/mol. The van der Waals surface area contributed by atoms with Crippen LogP contribution in [0.4, 0.5) is 15.8 Å². The van der Waals surface area contributed by atoms with Crippen molar-refractivity contribution in [3.8, 4) is 5.69 Å². The molecule has 1 aliphatic heterocycles. The smallest absolute Gasteiger partial charge is 0.255 e. The van der Waals surface area contributed by atoms with E-state index in [1.54, 1.807) is 41.3 Å². The fraction of sp³-hybridized carbons (Fsp3) is 0.286. The Morgan fingerprint density at radius 3 is 2.37 bits per heavy atom. The van der Waals surface area contributed by atoms with Gasteiger partial charge in [-0.3, -0.25) is 23.7 Å². The molecular formula is C28H26ClFN4O4. The number of hydrogen-bond acceptors (Lipinski definition) is 4. The molecular weight excluding hydrogens is 511 g/mol. The molecule has 2 N–H and O–H groups in total. The molecule has 0 radical (unpaired) electrons. The van der Waals surface area contributed by atoms with Crippen LogP contribution in [0.15, 0.2) is 71.7 Å². The van der Waals surface area contributed by atoms with Gasteiger partial charge in [0.25, 0.3) is 5.56 Å². The minimum absolute atomic E-state index is 0.0205. The topological polar surface area (TPSA) is 101 Å². The van der Waals surface area contributed by atoms with E-state index in [2.05, 4.69) is 10.6 Å². The minimum atomic E-state index is -1.63. The molecule has 38 heavy (non-hydrogen) atoms. The van der Waals surface area contributed by atoms with Gasteiger partial charge >= 0.3 is 0 Å². The summed E-state index contributed by atoms with van der Waals surface area (Å²) in [7, 11) is 0. The quantitative estimate of drug-likeness (QED) is 0.460. The van der Waals surface area contributed by atoms with E-state index >= 15 is 4.39 Å². The van der Waals surface area contributed by atoms with Crippen LogP contribution in [0.2, 0.25) is 5.02 Å². The Morgan fingerprint density at radius 2 is 1.68 bits per heavy atom. The number of carbonyl (C=O) groups excluding carboxylic acids is 3. The van der Waals surface area contributed by atoms with Crippen molar-refractivity contribution in [1.82, 2.24) is 9.47 Å². The summed E-state index contributed by atoms with van der Waals surface area (Å²) in [4.78, 5) is 54.0. The molecule has 2 unspecified atom stereocenters. The molecule has 2 atom stereocenters. The van der Waals surface area contributed by atoms with Gasteiger partial charge in [-0.25, -0.2) is 4.39 Å². The van der Waals surface area contributed by atoms with E-state index in [1.165, 1.54) is 29.0 Å². The summed E-state index contributed by atoms with van der Waals surface area (Å²) in [6, 6.07) is 15.1. The lowest BCUT2D eigenvalue weighted by atomic mass is 9.97. The number of rotatable bonds is 6. The molecule has 0 spiro atoms. The van der Waals surface area contributed by atoms with Gasteiger partial charge in [0.05, 0.1) is 17.3 Å². The molecule has 8 nitrogen and oxygen atoms in total. The number of likely N-dealkylation sites (tertiary alicyclic amines) is 1. The van der Waals surface area contributed by atoms with Crippen molar-refractivity contribution in [2.24, 2.45) is 11.3 Å². The molecule has 3 aromatic rings. The number of anilines is 2. The molecule has 3 amide bonds. The zero-order valence-electron chi connectivity index (χ0n) is 20.5. The lowest BCUT2D eigenvalue weighted by molar-refractivity contribution is -0.145. The molecule has 196 valence electrons. The van der Waals surface area contributed by atoms with Crippen molar-refractivity contribution in [2.45, 2.75) is 25.7 Å². The second-order valence-electron chi connectivity index (χ2n) is 9.60. The minimum Gasteiger partial charge on any atom is -0.342 e. The van der Waals surface area contributed by atoms with Crippen LogP contribution in [0.1, 0.15) is 25.7 Å². The Hall–Kier alpha value is -3.98. The van der Waals surface area contributed by atoms with Crippen LogP contribution in [0.5, 0.6) is 0 Å². The maximum atomic E-state index is 15.1. The Kier molecular flexibility index (Phi) is 7.03. The largest absolute Gasteiger partial charge is 0.342 e.